The van der Waals surface area contributed by atoms with Crippen LogP contribution < -0.4 is 0 Å². The summed E-state index contributed by atoms with van der Waals surface area (Å²) in [5.74, 6) is 2.79. The summed E-state index contributed by atoms with van der Waals surface area (Å²) in [6, 6.07) is 63.2. The Morgan fingerprint density at radius 3 is 0.929 bits per heavy atom. The third-order valence-corrected chi connectivity index (χ3v) is 19.9. The molecule has 0 atom stereocenters. The molecule has 6 aliphatic carbocycles. The second-order valence-corrected chi connectivity index (χ2v) is 23.2. The molecule has 14 rings (SSSR count). The van der Waals surface area contributed by atoms with Gasteiger partial charge in [-0.05, 0) is 211 Å². The average Bonchev–Trinajstić information content (AvgIpc) is 3.91. The molecule has 0 heteroatoms. The van der Waals surface area contributed by atoms with Crippen molar-refractivity contribution in [3.8, 4) is 55.6 Å². The first-order valence-electron chi connectivity index (χ1n) is 28.3. The number of benzene rings is 8. The van der Waals surface area contributed by atoms with E-state index in [0.29, 0.717) is 11.8 Å². The van der Waals surface area contributed by atoms with Crippen molar-refractivity contribution in [3.05, 3.63) is 180 Å². The molecule has 70 heavy (non-hydrogen) atoms. The van der Waals surface area contributed by atoms with Crippen LogP contribution in [0.1, 0.15) is 151 Å². The van der Waals surface area contributed by atoms with Gasteiger partial charge in [0.1, 0.15) is 0 Å². The molecule has 8 aromatic carbocycles. The highest BCUT2D eigenvalue weighted by Crippen LogP contribution is 2.65. The van der Waals surface area contributed by atoms with Crippen LogP contribution >= 0.6 is 0 Å². The molecule has 0 spiro atoms. The zero-order valence-corrected chi connectivity index (χ0v) is 41.5. The van der Waals surface area contributed by atoms with Gasteiger partial charge in [0.05, 0.1) is 0 Å². The maximum atomic E-state index is 2.79. The molecule has 0 nitrogen and oxygen atoms in total. The van der Waals surface area contributed by atoms with Crippen LogP contribution in [0.3, 0.4) is 0 Å². The lowest BCUT2D eigenvalue weighted by atomic mass is 9.54. The summed E-state index contributed by atoms with van der Waals surface area (Å²) in [5.41, 5.74) is 21.1. The van der Waals surface area contributed by atoms with Gasteiger partial charge in [-0.2, -0.15) is 0 Å². The van der Waals surface area contributed by atoms with Gasteiger partial charge in [0, 0.05) is 10.8 Å². The minimum atomic E-state index is 0.0318. The lowest BCUT2D eigenvalue weighted by molar-refractivity contribution is 0.137. The molecule has 0 radical (unpaired) electrons. The molecule has 4 saturated carbocycles. The van der Waals surface area contributed by atoms with Gasteiger partial charge in [0.25, 0.3) is 0 Å². The molecule has 0 saturated heterocycles. The van der Waals surface area contributed by atoms with Crippen LogP contribution in [0.4, 0.5) is 0 Å². The molecule has 350 valence electrons. The fourth-order valence-electron chi connectivity index (χ4n) is 16.9. The Bertz CT molecular complexity index is 3230. The van der Waals surface area contributed by atoms with Crippen molar-refractivity contribution in [3.63, 3.8) is 0 Å². The summed E-state index contributed by atoms with van der Waals surface area (Å²) in [4.78, 5) is 0. The van der Waals surface area contributed by atoms with Crippen LogP contribution in [0, 0.1) is 23.7 Å². The Labute approximate surface area is 418 Å². The first kappa shape index (κ1) is 43.1. The van der Waals surface area contributed by atoms with E-state index in [0.717, 1.165) is 11.8 Å². The minimum absolute atomic E-state index is 0.0318. The third-order valence-electron chi connectivity index (χ3n) is 19.9. The number of rotatable bonds is 7. The van der Waals surface area contributed by atoms with Crippen LogP contribution in [-0.2, 0) is 10.8 Å². The molecular formula is C70H70. The Kier molecular flexibility index (Phi) is 10.8. The van der Waals surface area contributed by atoms with Crippen LogP contribution in [0.25, 0.3) is 77.2 Å². The van der Waals surface area contributed by atoms with Gasteiger partial charge < -0.3 is 0 Å². The third kappa shape index (κ3) is 6.74. The Hall–Kier alpha value is -5.72. The van der Waals surface area contributed by atoms with Crippen molar-refractivity contribution in [2.24, 2.45) is 23.7 Å². The zero-order chi connectivity index (χ0) is 46.2. The molecule has 0 unspecified atom stereocenters. The van der Waals surface area contributed by atoms with Gasteiger partial charge in [-0.3, -0.25) is 0 Å². The Balaban J connectivity index is 0.898. The molecule has 8 aromatic rings. The predicted molar refractivity (Wildman–Crippen MR) is 296 cm³/mol. The van der Waals surface area contributed by atoms with Crippen molar-refractivity contribution >= 4 is 21.5 Å². The number of hydrogen-bond acceptors (Lipinski definition) is 0. The van der Waals surface area contributed by atoms with E-state index in [9.17, 15) is 0 Å². The molecule has 0 aromatic heterocycles. The summed E-state index contributed by atoms with van der Waals surface area (Å²) in [6.45, 7) is 0. The van der Waals surface area contributed by atoms with Gasteiger partial charge in [0.2, 0.25) is 0 Å². The van der Waals surface area contributed by atoms with Gasteiger partial charge in [-0.15, -0.1) is 0 Å². The largest absolute Gasteiger partial charge is 0.0619 e. The van der Waals surface area contributed by atoms with E-state index < -0.39 is 0 Å². The van der Waals surface area contributed by atoms with Crippen LogP contribution in [0.15, 0.2) is 158 Å². The second-order valence-electron chi connectivity index (χ2n) is 23.2. The standard InChI is InChI=1S/C70H70/c1-5-19-57(20-6-1)69(58-21-7-2-8-22-58)65-28-16-15-27-61(65)62-38-36-55(45-66(62)69)56-37-40-64-63-39-35-54(44-67(63)70(68(64)46-56,59-23-9-3-10-24-59)60-25-11-4-12-26-60)53-34-33-51-42-50(31-32-52(51)43-53)49-30-29-47-17-13-14-18-48(47)41-49/h13-18,27-46,57-60H,1-12,19-26H2. The summed E-state index contributed by atoms with van der Waals surface area (Å²) in [5, 5.41) is 5.21. The SMILES string of the molecule is c1ccc2c(c1)-c1ccc(-c3ccc4c(c3)C(C3CCCCC3)(C3CCCCC3)c3cc(-c5ccc6cc(-c7ccc8ccccc8c7)ccc6c5)ccc3-4)cc1C2(C1CCCCC1)C1CCCCC1. The first-order chi connectivity index (χ1) is 34.7. The van der Waals surface area contributed by atoms with Crippen molar-refractivity contribution in [1.29, 1.82) is 0 Å². The molecule has 0 amide bonds. The van der Waals surface area contributed by atoms with Crippen LogP contribution in [0.2, 0.25) is 0 Å². The fraction of sp³-hybridized carbons (Fsp3) is 0.371. The Morgan fingerprint density at radius 1 is 0.229 bits per heavy atom. The first-order valence-corrected chi connectivity index (χ1v) is 28.3. The average molecular weight is 911 g/mol. The van der Waals surface area contributed by atoms with Crippen molar-refractivity contribution < 1.29 is 0 Å². The summed E-state index contributed by atoms with van der Waals surface area (Å²) in [7, 11) is 0. The van der Waals surface area contributed by atoms with E-state index in [1.807, 2.05) is 0 Å². The van der Waals surface area contributed by atoms with Gasteiger partial charge in [-0.25, -0.2) is 0 Å². The highest BCUT2D eigenvalue weighted by Gasteiger charge is 2.55. The quantitative estimate of drug-likeness (QED) is 0.149. The minimum Gasteiger partial charge on any atom is -0.0619 e. The van der Waals surface area contributed by atoms with Crippen molar-refractivity contribution in [1.82, 2.24) is 0 Å². The van der Waals surface area contributed by atoms with Gasteiger partial charge in [-0.1, -0.05) is 198 Å². The second kappa shape index (κ2) is 17.5. The normalized spacial score (nSPS) is 20.3. The molecule has 0 aliphatic heterocycles. The van der Waals surface area contributed by atoms with Crippen molar-refractivity contribution in [2.45, 2.75) is 139 Å². The monoisotopic (exact) mass is 911 g/mol. The smallest absolute Gasteiger partial charge is 0.0271 e. The van der Waals surface area contributed by atoms with E-state index in [2.05, 4.69) is 158 Å². The van der Waals surface area contributed by atoms with Gasteiger partial charge >= 0.3 is 0 Å². The highest BCUT2D eigenvalue weighted by molar-refractivity contribution is 5.94. The molecule has 0 heterocycles. The molecule has 6 aliphatic rings. The van der Waals surface area contributed by atoms with Crippen LogP contribution in [-0.4, -0.2) is 0 Å². The van der Waals surface area contributed by atoms with E-state index in [1.165, 1.54) is 206 Å². The Morgan fingerprint density at radius 2 is 0.514 bits per heavy atom. The van der Waals surface area contributed by atoms with Crippen molar-refractivity contribution in [2.75, 3.05) is 0 Å². The summed E-state index contributed by atoms with van der Waals surface area (Å²) in [6.07, 6.45) is 27.5. The number of hydrogen-bond donors (Lipinski definition) is 0. The van der Waals surface area contributed by atoms with E-state index >= 15 is 0 Å². The predicted octanol–water partition coefficient (Wildman–Crippen LogP) is 19.8. The zero-order valence-electron chi connectivity index (χ0n) is 41.5. The topological polar surface area (TPSA) is 0 Å². The molecule has 0 bridgehead atoms. The number of fused-ring (bicyclic) bond motifs is 8. The van der Waals surface area contributed by atoms with E-state index in [1.54, 1.807) is 22.3 Å². The summed E-state index contributed by atoms with van der Waals surface area (Å²) < 4.78 is 0. The highest BCUT2D eigenvalue weighted by atomic mass is 14.6. The maximum absolute atomic E-state index is 2.79. The van der Waals surface area contributed by atoms with E-state index in [-0.39, 0.29) is 10.8 Å². The van der Waals surface area contributed by atoms with Crippen LogP contribution in [0.5, 0.6) is 0 Å². The lowest BCUT2D eigenvalue weighted by Crippen LogP contribution is -2.44. The summed E-state index contributed by atoms with van der Waals surface area (Å²) >= 11 is 0. The maximum Gasteiger partial charge on any atom is 0.0271 e. The van der Waals surface area contributed by atoms with Gasteiger partial charge in [0.15, 0.2) is 0 Å². The molecular weight excluding hydrogens is 841 g/mol. The fourth-order valence-corrected chi connectivity index (χ4v) is 16.9. The lowest BCUT2D eigenvalue weighted by Gasteiger charge is -2.49. The van der Waals surface area contributed by atoms with E-state index in [4.69, 9.17) is 0 Å². The molecule has 0 N–H and O–H groups in total. The molecule has 4 fully saturated rings.